The molecule has 26 heavy (non-hydrogen) atoms. The van der Waals surface area contributed by atoms with Crippen LogP contribution in [0.4, 0.5) is 13.2 Å². The zero-order chi connectivity index (χ0) is 18.1. The number of aromatic nitrogens is 2. The highest BCUT2D eigenvalue weighted by Gasteiger charge is 2.35. The lowest BCUT2D eigenvalue weighted by Gasteiger charge is -2.25. The first kappa shape index (κ1) is 17.1. The van der Waals surface area contributed by atoms with E-state index >= 15 is 0 Å². The van der Waals surface area contributed by atoms with Crippen molar-refractivity contribution in [3.05, 3.63) is 54.2 Å². The summed E-state index contributed by atoms with van der Waals surface area (Å²) in [6, 6.07) is 14.5. The summed E-state index contributed by atoms with van der Waals surface area (Å²) >= 11 is 0. The van der Waals surface area contributed by atoms with Gasteiger partial charge in [-0.15, -0.1) is 13.2 Å². The highest BCUT2D eigenvalue weighted by atomic mass is 19.4. The second-order valence-electron chi connectivity index (χ2n) is 6.76. The van der Waals surface area contributed by atoms with Crippen LogP contribution >= 0.6 is 0 Å². The molecule has 2 heterocycles. The Balaban J connectivity index is 1.78. The van der Waals surface area contributed by atoms with E-state index in [2.05, 4.69) is 10.00 Å². The summed E-state index contributed by atoms with van der Waals surface area (Å²) in [4.78, 5) is 2.18. The van der Waals surface area contributed by atoms with Gasteiger partial charge in [0.05, 0.1) is 11.4 Å². The smallest absolute Gasteiger partial charge is 0.297 e. The van der Waals surface area contributed by atoms with Gasteiger partial charge in [-0.2, -0.15) is 9.78 Å². The predicted octanol–water partition coefficient (Wildman–Crippen LogP) is 5.17. The fourth-order valence-electron chi connectivity index (χ4n) is 3.69. The second kappa shape index (κ2) is 6.76. The standard InChI is InChI=1S/C20H20F3N3/c21-20(22,23)26-19(13-16(24-26)14-25-11-4-1-5-12-25)18-10-6-8-15-7-2-3-9-17(15)18/h2-3,6-10,13H,1,4-5,11-12,14H2. The van der Waals surface area contributed by atoms with E-state index in [-0.39, 0.29) is 10.4 Å². The van der Waals surface area contributed by atoms with Gasteiger partial charge in [0, 0.05) is 12.1 Å². The Morgan fingerprint density at radius 1 is 0.923 bits per heavy atom. The minimum Gasteiger partial charge on any atom is -0.297 e. The van der Waals surface area contributed by atoms with Gasteiger partial charge in [0.15, 0.2) is 0 Å². The molecular formula is C20H20F3N3. The lowest BCUT2D eigenvalue weighted by molar-refractivity contribution is -0.211. The Labute approximate surface area is 150 Å². The van der Waals surface area contributed by atoms with Crippen molar-refractivity contribution in [3.8, 4) is 11.3 Å². The lowest BCUT2D eigenvalue weighted by atomic mass is 10.0. The topological polar surface area (TPSA) is 21.1 Å². The zero-order valence-corrected chi connectivity index (χ0v) is 14.3. The molecule has 0 spiro atoms. The molecule has 0 saturated carbocycles. The molecule has 2 aromatic carbocycles. The van der Waals surface area contributed by atoms with Gasteiger partial charge in [0.1, 0.15) is 0 Å². The molecule has 0 bridgehead atoms. The largest absolute Gasteiger partial charge is 0.505 e. The zero-order valence-electron chi connectivity index (χ0n) is 14.3. The average molecular weight is 359 g/mol. The molecule has 0 N–H and O–H groups in total. The normalized spacial score (nSPS) is 16.3. The number of hydrogen-bond donors (Lipinski definition) is 0. The Kier molecular flexibility index (Phi) is 4.44. The molecule has 1 aliphatic heterocycles. The van der Waals surface area contributed by atoms with E-state index in [1.165, 1.54) is 6.42 Å². The van der Waals surface area contributed by atoms with Crippen molar-refractivity contribution in [3.63, 3.8) is 0 Å². The van der Waals surface area contributed by atoms with E-state index in [9.17, 15) is 13.2 Å². The van der Waals surface area contributed by atoms with Crippen LogP contribution in [0.5, 0.6) is 0 Å². The van der Waals surface area contributed by atoms with Gasteiger partial charge in [0.25, 0.3) is 0 Å². The van der Waals surface area contributed by atoms with Crippen LogP contribution < -0.4 is 0 Å². The van der Waals surface area contributed by atoms with Crippen LogP contribution in [0.25, 0.3) is 22.0 Å². The first-order valence-corrected chi connectivity index (χ1v) is 8.89. The Morgan fingerprint density at radius 2 is 1.65 bits per heavy atom. The number of hydrogen-bond acceptors (Lipinski definition) is 2. The summed E-state index contributed by atoms with van der Waals surface area (Å²) in [5.41, 5.74) is 1.12. The highest BCUT2D eigenvalue weighted by Crippen LogP contribution is 2.34. The SMILES string of the molecule is FC(F)(F)n1nc(CN2CCCCC2)cc1-c1cccc2ccccc12. The number of halogens is 3. The molecule has 3 aromatic rings. The van der Waals surface area contributed by atoms with Gasteiger partial charge in [-0.3, -0.25) is 4.90 Å². The molecular weight excluding hydrogens is 339 g/mol. The van der Waals surface area contributed by atoms with E-state index in [1.807, 2.05) is 30.3 Å². The van der Waals surface area contributed by atoms with E-state index in [0.717, 1.165) is 36.7 Å². The second-order valence-corrected chi connectivity index (χ2v) is 6.76. The van der Waals surface area contributed by atoms with Crippen molar-refractivity contribution in [2.45, 2.75) is 32.1 Å². The van der Waals surface area contributed by atoms with Crippen molar-refractivity contribution < 1.29 is 13.2 Å². The first-order chi connectivity index (χ1) is 12.5. The first-order valence-electron chi connectivity index (χ1n) is 8.89. The number of rotatable bonds is 3. The van der Waals surface area contributed by atoms with Gasteiger partial charge in [-0.25, -0.2) is 0 Å². The van der Waals surface area contributed by atoms with Gasteiger partial charge in [-0.1, -0.05) is 48.9 Å². The molecule has 0 atom stereocenters. The fourth-order valence-corrected chi connectivity index (χ4v) is 3.69. The third-order valence-electron chi connectivity index (χ3n) is 4.90. The molecule has 0 radical (unpaired) electrons. The van der Waals surface area contributed by atoms with Crippen molar-refractivity contribution >= 4 is 10.8 Å². The maximum atomic E-state index is 13.6. The average Bonchev–Trinajstić information content (AvgIpc) is 3.06. The van der Waals surface area contributed by atoms with Crippen molar-refractivity contribution in [1.82, 2.24) is 14.7 Å². The highest BCUT2D eigenvalue weighted by molar-refractivity contribution is 5.95. The molecule has 1 aliphatic rings. The van der Waals surface area contributed by atoms with Gasteiger partial charge >= 0.3 is 6.30 Å². The lowest BCUT2D eigenvalue weighted by Crippen LogP contribution is -2.29. The monoisotopic (exact) mass is 359 g/mol. The number of nitrogens with zero attached hydrogens (tertiary/aromatic N) is 3. The molecule has 1 fully saturated rings. The molecule has 3 nitrogen and oxygen atoms in total. The van der Waals surface area contributed by atoms with Crippen molar-refractivity contribution in [2.75, 3.05) is 13.1 Å². The number of alkyl halides is 3. The summed E-state index contributed by atoms with van der Waals surface area (Å²) in [6.45, 7) is 2.30. The molecule has 1 aromatic heterocycles. The molecule has 136 valence electrons. The van der Waals surface area contributed by atoms with E-state index in [1.54, 1.807) is 18.2 Å². The Bertz CT molecular complexity index is 903. The van der Waals surface area contributed by atoms with E-state index in [0.29, 0.717) is 17.8 Å². The van der Waals surface area contributed by atoms with Crippen LogP contribution in [0.1, 0.15) is 25.0 Å². The molecule has 0 aliphatic carbocycles. The Hall–Kier alpha value is -2.34. The number of likely N-dealkylation sites (tertiary alicyclic amines) is 1. The quantitative estimate of drug-likeness (QED) is 0.644. The summed E-state index contributed by atoms with van der Waals surface area (Å²) in [5, 5.41) is 5.62. The summed E-state index contributed by atoms with van der Waals surface area (Å²) < 4.78 is 41.1. The third kappa shape index (κ3) is 3.33. The summed E-state index contributed by atoms with van der Waals surface area (Å²) in [7, 11) is 0. The number of piperidine rings is 1. The maximum Gasteiger partial charge on any atom is 0.505 e. The van der Waals surface area contributed by atoms with Crippen LogP contribution in [0.3, 0.4) is 0 Å². The number of fused-ring (bicyclic) bond motifs is 1. The van der Waals surface area contributed by atoms with Crippen LogP contribution in [0.2, 0.25) is 0 Å². The predicted molar refractivity (Wildman–Crippen MR) is 95.6 cm³/mol. The number of benzene rings is 2. The minimum absolute atomic E-state index is 0.0984. The Morgan fingerprint density at radius 3 is 2.42 bits per heavy atom. The van der Waals surface area contributed by atoms with Crippen LogP contribution in [0.15, 0.2) is 48.5 Å². The third-order valence-corrected chi connectivity index (χ3v) is 4.90. The molecule has 6 heteroatoms. The summed E-state index contributed by atoms with van der Waals surface area (Å²) in [6.07, 6.45) is -1.17. The van der Waals surface area contributed by atoms with Gasteiger partial charge < -0.3 is 0 Å². The minimum atomic E-state index is -4.55. The van der Waals surface area contributed by atoms with Gasteiger partial charge in [0.2, 0.25) is 0 Å². The van der Waals surface area contributed by atoms with Crippen LogP contribution in [-0.2, 0) is 12.8 Å². The van der Waals surface area contributed by atoms with Crippen molar-refractivity contribution in [1.29, 1.82) is 0 Å². The molecule has 0 unspecified atom stereocenters. The molecule has 1 saturated heterocycles. The van der Waals surface area contributed by atoms with E-state index < -0.39 is 6.30 Å². The van der Waals surface area contributed by atoms with Crippen LogP contribution in [-0.4, -0.2) is 27.8 Å². The van der Waals surface area contributed by atoms with E-state index in [4.69, 9.17) is 0 Å². The van der Waals surface area contributed by atoms with Gasteiger partial charge in [-0.05, 0) is 42.8 Å². The van der Waals surface area contributed by atoms with Crippen molar-refractivity contribution in [2.24, 2.45) is 0 Å². The molecule has 4 rings (SSSR count). The maximum absolute atomic E-state index is 13.6. The fraction of sp³-hybridized carbons (Fsp3) is 0.350. The molecule has 0 amide bonds. The van der Waals surface area contributed by atoms with Crippen LogP contribution in [0, 0.1) is 0 Å². The summed E-state index contributed by atoms with van der Waals surface area (Å²) in [5.74, 6) is 0.